The van der Waals surface area contributed by atoms with Crippen LogP contribution in [-0.2, 0) is 0 Å². The number of halogens is 2. The molecule has 2 rings (SSSR count). The van der Waals surface area contributed by atoms with Crippen LogP contribution in [0.4, 0.5) is 8.78 Å². The molecular weight excluding hydrogens is 330 g/mol. The molecule has 154 valence electrons. The smallest absolute Gasteiger partial charge is 0.260 e. The van der Waals surface area contributed by atoms with E-state index in [-0.39, 0.29) is 30.0 Å². The molecule has 0 bridgehead atoms. The molecule has 2 unspecified atom stereocenters. The molecular formula is C22H42F2N2. The summed E-state index contributed by atoms with van der Waals surface area (Å²) in [6, 6.07) is 0. The van der Waals surface area contributed by atoms with Crippen molar-refractivity contribution in [1.29, 1.82) is 0 Å². The summed E-state index contributed by atoms with van der Waals surface area (Å²) < 4.78 is 29.3. The van der Waals surface area contributed by atoms with E-state index < -0.39 is 5.92 Å². The molecule has 2 nitrogen and oxygen atoms in total. The van der Waals surface area contributed by atoms with Gasteiger partial charge in [-0.15, -0.1) is 0 Å². The number of rotatable bonds is 6. The number of alkyl halides is 2. The molecule has 2 saturated heterocycles. The van der Waals surface area contributed by atoms with E-state index in [1.165, 1.54) is 19.3 Å². The number of hydrogen-bond acceptors (Lipinski definition) is 2. The van der Waals surface area contributed by atoms with Crippen molar-refractivity contribution in [3.05, 3.63) is 0 Å². The van der Waals surface area contributed by atoms with Gasteiger partial charge in [0.1, 0.15) is 0 Å². The summed E-state index contributed by atoms with van der Waals surface area (Å²) in [5.41, 5.74) is -0.173. The highest BCUT2D eigenvalue weighted by atomic mass is 19.3. The van der Waals surface area contributed by atoms with Gasteiger partial charge in [-0.05, 0) is 70.9 Å². The van der Waals surface area contributed by atoms with E-state index in [1.54, 1.807) is 0 Å². The van der Waals surface area contributed by atoms with Crippen LogP contribution in [0.25, 0.3) is 0 Å². The van der Waals surface area contributed by atoms with Gasteiger partial charge in [0.05, 0.1) is 6.54 Å². The predicted octanol–water partition coefficient (Wildman–Crippen LogP) is 5.67. The van der Waals surface area contributed by atoms with Gasteiger partial charge in [0.2, 0.25) is 0 Å². The van der Waals surface area contributed by atoms with Crippen LogP contribution in [0.15, 0.2) is 0 Å². The highest BCUT2D eigenvalue weighted by Crippen LogP contribution is 2.42. The van der Waals surface area contributed by atoms with Crippen molar-refractivity contribution < 1.29 is 8.78 Å². The molecule has 2 heterocycles. The van der Waals surface area contributed by atoms with E-state index in [1.807, 2.05) is 0 Å². The van der Waals surface area contributed by atoms with E-state index in [4.69, 9.17) is 0 Å². The second-order valence-corrected chi connectivity index (χ2v) is 10.4. The second kappa shape index (κ2) is 8.03. The maximum absolute atomic E-state index is 14.7. The monoisotopic (exact) mass is 372 g/mol. The quantitative estimate of drug-likeness (QED) is 0.593. The average molecular weight is 373 g/mol. The van der Waals surface area contributed by atoms with Gasteiger partial charge in [-0.25, -0.2) is 8.78 Å². The van der Waals surface area contributed by atoms with Crippen LogP contribution in [0, 0.1) is 17.8 Å². The summed E-state index contributed by atoms with van der Waals surface area (Å²) in [5.74, 6) is -1.68. The van der Waals surface area contributed by atoms with Crippen molar-refractivity contribution in [3.8, 4) is 0 Å². The molecule has 0 aliphatic carbocycles. The van der Waals surface area contributed by atoms with Crippen LogP contribution < -0.4 is 0 Å². The van der Waals surface area contributed by atoms with Gasteiger partial charge < -0.3 is 0 Å². The van der Waals surface area contributed by atoms with E-state index in [0.717, 1.165) is 26.1 Å². The van der Waals surface area contributed by atoms with Crippen LogP contribution in [0.1, 0.15) is 80.6 Å². The number of nitrogens with zero attached hydrogens (tertiary/aromatic N) is 2. The summed E-state index contributed by atoms with van der Waals surface area (Å²) in [7, 11) is 0. The zero-order valence-electron chi connectivity index (χ0n) is 18.2. The molecule has 2 aliphatic rings. The molecule has 0 aromatic carbocycles. The zero-order chi connectivity index (χ0) is 19.8. The summed E-state index contributed by atoms with van der Waals surface area (Å²) in [6.45, 7) is 18.4. The Morgan fingerprint density at radius 3 is 2.00 bits per heavy atom. The Bertz CT molecular complexity index is 455. The first-order valence-corrected chi connectivity index (χ1v) is 10.8. The van der Waals surface area contributed by atoms with Gasteiger partial charge in [-0.1, -0.05) is 34.1 Å². The van der Waals surface area contributed by atoms with Crippen LogP contribution in [0.3, 0.4) is 0 Å². The summed E-state index contributed by atoms with van der Waals surface area (Å²) in [4.78, 5) is 4.68. The van der Waals surface area contributed by atoms with Gasteiger partial charge >= 0.3 is 0 Å². The molecule has 0 aromatic rings. The van der Waals surface area contributed by atoms with Crippen molar-refractivity contribution in [1.82, 2.24) is 9.80 Å². The average Bonchev–Trinajstić information content (AvgIpc) is 2.53. The van der Waals surface area contributed by atoms with Gasteiger partial charge in [-0.3, -0.25) is 9.80 Å². The third kappa shape index (κ3) is 4.79. The van der Waals surface area contributed by atoms with Crippen LogP contribution in [0.5, 0.6) is 0 Å². The lowest BCUT2D eigenvalue weighted by molar-refractivity contribution is -0.126. The van der Waals surface area contributed by atoms with Gasteiger partial charge in [0, 0.05) is 24.0 Å². The number of piperidine rings is 2. The normalized spacial score (nSPS) is 28.5. The second-order valence-electron chi connectivity index (χ2n) is 10.4. The minimum atomic E-state index is -2.57. The highest BCUT2D eigenvalue weighted by molar-refractivity contribution is 4.98. The molecule has 0 aromatic heterocycles. The van der Waals surface area contributed by atoms with Crippen molar-refractivity contribution >= 4 is 0 Å². The number of hydrogen-bond donors (Lipinski definition) is 0. The largest absolute Gasteiger partial charge is 0.298 e. The van der Waals surface area contributed by atoms with Crippen LogP contribution in [0.2, 0.25) is 0 Å². The fourth-order valence-electron chi connectivity index (χ4n) is 4.87. The minimum Gasteiger partial charge on any atom is -0.298 e. The topological polar surface area (TPSA) is 6.48 Å². The van der Waals surface area contributed by atoms with Crippen molar-refractivity contribution in [2.75, 3.05) is 26.2 Å². The molecule has 0 N–H and O–H groups in total. The first kappa shape index (κ1) is 22.1. The van der Waals surface area contributed by atoms with Gasteiger partial charge in [-0.2, -0.15) is 0 Å². The molecule has 0 radical (unpaired) electrons. The standard InChI is InChI=1S/C22H42F2N2/c1-17(2)20(5,6)26-15-19(14-22(23,24)16-26)13-21(7,18(3)4)25-11-9-8-10-12-25/h17-19H,8-16H2,1-7H3. The first-order chi connectivity index (χ1) is 11.9. The zero-order valence-corrected chi connectivity index (χ0v) is 18.2. The molecule has 2 aliphatic heterocycles. The van der Waals surface area contributed by atoms with E-state index in [2.05, 4.69) is 58.3 Å². The Morgan fingerprint density at radius 1 is 0.923 bits per heavy atom. The lowest BCUT2D eigenvalue weighted by Gasteiger charge is -2.52. The summed E-state index contributed by atoms with van der Waals surface area (Å²) >= 11 is 0. The molecule has 0 amide bonds. The molecule has 0 spiro atoms. The minimum absolute atomic E-state index is 0.0200. The van der Waals surface area contributed by atoms with E-state index >= 15 is 0 Å². The predicted molar refractivity (Wildman–Crippen MR) is 107 cm³/mol. The van der Waals surface area contributed by atoms with Crippen molar-refractivity contribution in [2.24, 2.45) is 17.8 Å². The Labute approximate surface area is 160 Å². The molecule has 4 heteroatoms. The van der Waals surface area contributed by atoms with Gasteiger partial charge in [0.15, 0.2) is 0 Å². The first-order valence-electron chi connectivity index (χ1n) is 10.8. The summed E-state index contributed by atoms with van der Waals surface area (Å²) in [6.07, 6.45) is 4.73. The Hall–Kier alpha value is -0.220. The SMILES string of the molecule is CC(C)C(C)(C)N1CC(CC(C)(C(C)C)N2CCCCC2)CC(F)(F)C1. The van der Waals surface area contributed by atoms with Crippen LogP contribution >= 0.6 is 0 Å². The third-order valence-electron chi connectivity index (χ3n) is 7.74. The Morgan fingerprint density at radius 2 is 1.50 bits per heavy atom. The van der Waals surface area contributed by atoms with E-state index in [9.17, 15) is 8.78 Å². The summed E-state index contributed by atoms with van der Waals surface area (Å²) in [5, 5.41) is 0. The molecule has 0 saturated carbocycles. The Kier molecular flexibility index (Phi) is 6.82. The Balaban J connectivity index is 2.19. The third-order valence-corrected chi connectivity index (χ3v) is 7.74. The molecule has 26 heavy (non-hydrogen) atoms. The van der Waals surface area contributed by atoms with Gasteiger partial charge in [0.25, 0.3) is 5.92 Å². The maximum Gasteiger partial charge on any atom is 0.260 e. The van der Waals surface area contributed by atoms with Crippen molar-refractivity contribution in [3.63, 3.8) is 0 Å². The lowest BCUT2D eigenvalue weighted by atomic mass is 9.74. The fraction of sp³-hybridized carbons (Fsp3) is 1.00. The lowest BCUT2D eigenvalue weighted by Crippen LogP contribution is -2.60. The molecule has 2 atom stereocenters. The van der Waals surface area contributed by atoms with Crippen LogP contribution in [-0.4, -0.2) is 53.0 Å². The van der Waals surface area contributed by atoms with Crippen molar-refractivity contribution in [2.45, 2.75) is 97.6 Å². The maximum atomic E-state index is 14.7. The highest BCUT2D eigenvalue weighted by Gasteiger charge is 2.48. The van der Waals surface area contributed by atoms with E-state index in [0.29, 0.717) is 11.8 Å². The fourth-order valence-corrected chi connectivity index (χ4v) is 4.87. The molecule has 2 fully saturated rings. The number of likely N-dealkylation sites (tertiary alicyclic amines) is 2.